The van der Waals surface area contributed by atoms with Gasteiger partial charge in [0.15, 0.2) is 4.80 Å². The van der Waals surface area contributed by atoms with Gasteiger partial charge in [0.05, 0.1) is 35.6 Å². The molecule has 39 heavy (non-hydrogen) atoms. The van der Waals surface area contributed by atoms with Crippen molar-refractivity contribution in [2.45, 2.75) is 52.5 Å². The van der Waals surface area contributed by atoms with Crippen molar-refractivity contribution >= 4 is 29.1 Å². The van der Waals surface area contributed by atoms with E-state index in [9.17, 15) is 9.59 Å². The number of carbonyl (C=O) groups is 1. The fourth-order valence-corrected chi connectivity index (χ4v) is 6.50. The van der Waals surface area contributed by atoms with Crippen LogP contribution in [0, 0.1) is 6.92 Å². The molecule has 0 amide bonds. The van der Waals surface area contributed by atoms with E-state index < -0.39 is 12.0 Å². The van der Waals surface area contributed by atoms with Crippen LogP contribution in [0.2, 0.25) is 0 Å². The lowest BCUT2D eigenvalue weighted by atomic mass is 9.94. The van der Waals surface area contributed by atoms with Crippen molar-refractivity contribution in [2.75, 3.05) is 31.7 Å². The first-order valence-electron chi connectivity index (χ1n) is 13.7. The van der Waals surface area contributed by atoms with Gasteiger partial charge in [0.2, 0.25) is 0 Å². The van der Waals surface area contributed by atoms with E-state index in [0.717, 1.165) is 30.6 Å². The molecule has 0 unspecified atom stereocenters. The van der Waals surface area contributed by atoms with Crippen LogP contribution in [0.3, 0.4) is 0 Å². The van der Waals surface area contributed by atoms with Crippen LogP contribution in [0.25, 0.3) is 6.08 Å². The highest BCUT2D eigenvalue weighted by molar-refractivity contribution is 7.07. The number of hydrogen-bond acceptors (Lipinski definition) is 7. The number of benzene rings is 2. The standard InChI is InChI=1S/C31H35N3O4S/c1-5-10-24-27(30(36)38-6-2)28(22-11-9-12-23(19-22)37-4)34-29(35)26(39-31(34)32-24)18-21-13-14-25(20(3)17-21)33-15-7-8-16-33/h9,11-14,17-19,28H,5-8,10,15-16H2,1-4H3/b26-18+/t28-/m0/s1. The van der Waals surface area contributed by atoms with Gasteiger partial charge in [0.1, 0.15) is 5.75 Å². The van der Waals surface area contributed by atoms with Crippen molar-refractivity contribution < 1.29 is 14.3 Å². The zero-order chi connectivity index (χ0) is 27.5. The Morgan fingerprint density at radius 1 is 1.15 bits per heavy atom. The Labute approximate surface area is 232 Å². The SMILES string of the molecule is CCCC1=C(C(=O)OCC)[C@H](c2cccc(OC)c2)n2c(s/c(=C/c3ccc(N4CCCC4)c(C)c3)c2=O)=N1. The lowest BCUT2D eigenvalue weighted by molar-refractivity contribution is -0.139. The van der Waals surface area contributed by atoms with Gasteiger partial charge in [-0.25, -0.2) is 9.79 Å². The van der Waals surface area contributed by atoms with E-state index in [-0.39, 0.29) is 12.2 Å². The van der Waals surface area contributed by atoms with Crippen molar-refractivity contribution in [1.29, 1.82) is 0 Å². The maximum absolute atomic E-state index is 14.0. The third kappa shape index (κ3) is 5.30. The summed E-state index contributed by atoms with van der Waals surface area (Å²) in [6.07, 6.45) is 5.80. The van der Waals surface area contributed by atoms with Gasteiger partial charge in [-0.1, -0.05) is 42.9 Å². The van der Waals surface area contributed by atoms with Crippen LogP contribution in [0.4, 0.5) is 5.69 Å². The highest BCUT2D eigenvalue weighted by Gasteiger charge is 2.34. The lowest BCUT2D eigenvalue weighted by Crippen LogP contribution is -2.40. The Bertz CT molecular complexity index is 1590. The Hall–Kier alpha value is -3.65. The second-order valence-electron chi connectivity index (χ2n) is 9.93. The molecule has 0 saturated carbocycles. The predicted molar refractivity (Wildman–Crippen MR) is 155 cm³/mol. The van der Waals surface area contributed by atoms with E-state index in [2.05, 4.69) is 36.9 Å². The number of esters is 1. The van der Waals surface area contributed by atoms with Crippen molar-refractivity contribution in [1.82, 2.24) is 4.57 Å². The first-order valence-corrected chi connectivity index (χ1v) is 14.5. The molecule has 0 N–H and O–H groups in total. The van der Waals surface area contributed by atoms with Crippen LogP contribution in [0.1, 0.15) is 62.3 Å². The Morgan fingerprint density at radius 3 is 2.64 bits per heavy atom. The maximum atomic E-state index is 14.0. The average Bonchev–Trinajstić information content (AvgIpc) is 3.57. The minimum absolute atomic E-state index is 0.176. The smallest absolute Gasteiger partial charge is 0.338 e. The van der Waals surface area contributed by atoms with Gasteiger partial charge in [-0.05, 0) is 80.1 Å². The van der Waals surface area contributed by atoms with Crippen LogP contribution in [-0.4, -0.2) is 37.3 Å². The third-order valence-electron chi connectivity index (χ3n) is 7.27. The van der Waals surface area contributed by atoms with Crippen molar-refractivity contribution in [3.8, 4) is 5.75 Å². The summed E-state index contributed by atoms with van der Waals surface area (Å²) in [5.74, 6) is 0.209. The summed E-state index contributed by atoms with van der Waals surface area (Å²) in [6, 6.07) is 13.2. The average molecular weight is 546 g/mol. The van der Waals surface area contributed by atoms with Crippen LogP contribution in [0.5, 0.6) is 5.75 Å². The van der Waals surface area contributed by atoms with E-state index in [1.54, 1.807) is 18.6 Å². The highest BCUT2D eigenvalue weighted by atomic mass is 32.1. The van der Waals surface area contributed by atoms with E-state index in [4.69, 9.17) is 14.5 Å². The lowest BCUT2D eigenvalue weighted by Gasteiger charge is -2.26. The van der Waals surface area contributed by atoms with Crippen LogP contribution in [0.15, 0.2) is 63.5 Å². The number of hydrogen-bond donors (Lipinski definition) is 0. The van der Waals surface area contributed by atoms with Crippen molar-refractivity contribution in [2.24, 2.45) is 4.99 Å². The van der Waals surface area contributed by atoms with Gasteiger partial charge in [-0.2, -0.15) is 0 Å². The van der Waals surface area contributed by atoms with Gasteiger partial charge in [0.25, 0.3) is 5.56 Å². The molecule has 1 aromatic heterocycles. The quantitative estimate of drug-likeness (QED) is 0.390. The monoisotopic (exact) mass is 545 g/mol. The number of thiazole rings is 1. The number of nitrogens with zero attached hydrogens (tertiary/aromatic N) is 3. The molecule has 7 nitrogen and oxygen atoms in total. The number of allylic oxidation sites excluding steroid dienone is 1. The number of anilines is 1. The molecule has 0 radical (unpaired) electrons. The van der Waals surface area contributed by atoms with E-state index in [0.29, 0.717) is 32.8 Å². The summed E-state index contributed by atoms with van der Waals surface area (Å²) in [4.78, 5) is 35.2. The molecule has 5 rings (SSSR count). The van der Waals surface area contributed by atoms with Gasteiger partial charge < -0.3 is 14.4 Å². The summed E-state index contributed by atoms with van der Waals surface area (Å²) in [6.45, 7) is 8.37. The molecule has 2 aromatic carbocycles. The summed E-state index contributed by atoms with van der Waals surface area (Å²) < 4.78 is 13.2. The number of ether oxygens (including phenoxy) is 2. The molecule has 0 aliphatic carbocycles. The Kier molecular flexibility index (Phi) is 8.02. The molecule has 2 aliphatic heterocycles. The molecule has 1 fully saturated rings. The Morgan fingerprint density at radius 2 is 1.95 bits per heavy atom. The molecule has 204 valence electrons. The van der Waals surface area contributed by atoms with Gasteiger partial charge in [-0.3, -0.25) is 9.36 Å². The zero-order valence-electron chi connectivity index (χ0n) is 23.0. The second-order valence-corrected chi connectivity index (χ2v) is 10.9. The number of fused-ring (bicyclic) bond motifs is 1. The molecule has 2 aliphatic rings. The van der Waals surface area contributed by atoms with E-state index in [1.807, 2.05) is 30.3 Å². The molecule has 3 heterocycles. The summed E-state index contributed by atoms with van der Waals surface area (Å²) in [5.41, 5.74) is 5.11. The summed E-state index contributed by atoms with van der Waals surface area (Å²) >= 11 is 1.36. The van der Waals surface area contributed by atoms with Crippen molar-refractivity contribution in [3.63, 3.8) is 0 Å². The molecule has 0 bridgehead atoms. The molecular formula is C31H35N3O4S. The fraction of sp³-hybridized carbons (Fsp3) is 0.387. The second kappa shape index (κ2) is 11.6. The van der Waals surface area contributed by atoms with Gasteiger partial charge >= 0.3 is 5.97 Å². The van der Waals surface area contributed by atoms with Gasteiger partial charge in [-0.15, -0.1) is 0 Å². The van der Waals surface area contributed by atoms with Crippen LogP contribution >= 0.6 is 11.3 Å². The summed E-state index contributed by atoms with van der Waals surface area (Å²) in [5, 5.41) is 0. The number of methoxy groups -OCH3 is 1. The van der Waals surface area contributed by atoms with E-state index in [1.165, 1.54) is 35.4 Å². The Balaban J connectivity index is 1.67. The minimum atomic E-state index is -0.654. The van der Waals surface area contributed by atoms with Crippen LogP contribution in [-0.2, 0) is 9.53 Å². The highest BCUT2D eigenvalue weighted by Crippen LogP contribution is 2.34. The first-order chi connectivity index (χ1) is 18.9. The first kappa shape index (κ1) is 26.9. The molecule has 1 atom stereocenters. The number of carbonyl (C=O) groups excluding carboxylic acids is 1. The van der Waals surface area contributed by atoms with Crippen LogP contribution < -0.4 is 24.5 Å². The molecular weight excluding hydrogens is 510 g/mol. The molecule has 1 saturated heterocycles. The minimum Gasteiger partial charge on any atom is -0.497 e. The fourth-order valence-electron chi connectivity index (χ4n) is 5.48. The summed E-state index contributed by atoms with van der Waals surface area (Å²) in [7, 11) is 1.60. The van der Waals surface area contributed by atoms with Gasteiger partial charge in [0, 0.05) is 18.8 Å². The molecule has 3 aromatic rings. The maximum Gasteiger partial charge on any atom is 0.338 e. The third-order valence-corrected chi connectivity index (χ3v) is 8.25. The predicted octanol–water partition coefficient (Wildman–Crippen LogP) is 4.50. The van der Waals surface area contributed by atoms with Crippen molar-refractivity contribution in [3.05, 3.63) is 90.1 Å². The molecule has 0 spiro atoms. The number of aryl methyl sites for hydroxylation is 1. The van der Waals surface area contributed by atoms with E-state index >= 15 is 0 Å². The topological polar surface area (TPSA) is 73.1 Å². The zero-order valence-corrected chi connectivity index (χ0v) is 23.8. The molecule has 8 heteroatoms. The normalized spacial score (nSPS) is 17.3. The number of aromatic nitrogens is 1. The largest absolute Gasteiger partial charge is 0.497 e. The number of rotatable bonds is 8.